The SMILES string of the molecule is Cc1cc(C)c(C2CC(N)NN2)cc1C. The van der Waals surface area contributed by atoms with Crippen molar-refractivity contribution in [3.05, 3.63) is 34.4 Å². The molecule has 0 spiro atoms. The van der Waals surface area contributed by atoms with Gasteiger partial charge in [-0.2, -0.15) is 0 Å². The Morgan fingerprint density at radius 1 is 1.07 bits per heavy atom. The minimum absolute atomic E-state index is 0.0657. The molecule has 2 unspecified atom stereocenters. The fourth-order valence-electron chi connectivity index (χ4n) is 2.14. The molecule has 2 atom stereocenters. The number of nitrogens with two attached hydrogens (primary N) is 1. The van der Waals surface area contributed by atoms with E-state index in [4.69, 9.17) is 5.73 Å². The summed E-state index contributed by atoms with van der Waals surface area (Å²) in [6.45, 7) is 6.46. The van der Waals surface area contributed by atoms with E-state index in [1.54, 1.807) is 0 Å². The lowest BCUT2D eigenvalue weighted by molar-refractivity contribution is 0.550. The van der Waals surface area contributed by atoms with Crippen molar-refractivity contribution in [2.24, 2.45) is 5.73 Å². The smallest absolute Gasteiger partial charge is 0.0698 e. The van der Waals surface area contributed by atoms with Crippen LogP contribution in [0.5, 0.6) is 0 Å². The summed E-state index contributed by atoms with van der Waals surface area (Å²) in [6, 6.07) is 4.86. The van der Waals surface area contributed by atoms with E-state index in [1.807, 2.05) is 0 Å². The zero-order chi connectivity index (χ0) is 11.0. The summed E-state index contributed by atoms with van der Waals surface area (Å²) >= 11 is 0. The van der Waals surface area contributed by atoms with E-state index >= 15 is 0 Å². The molecule has 1 aromatic rings. The Hall–Kier alpha value is -0.900. The summed E-state index contributed by atoms with van der Waals surface area (Å²) < 4.78 is 0. The Balaban J connectivity index is 2.32. The lowest BCUT2D eigenvalue weighted by Gasteiger charge is -2.15. The van der Waals surface area contributed by atoms with Crippen LogP contribution in [0.2, 0.25) is 0 Å². The molecule has 0 bridgehead atoms. The Bertz CT molecular complexity index is 373. The Morgan fingerprint density at radius 2 is 1.73 bits per heavy atom. The van der Waals surface area contributed by atoms with Crippen molar-refractivity contribution in [3.8, 4) is 0 Å². The van der Waals surface area contributed by atoms with E-state index in [1.165, 1.54) is 22.3 Å². The molecule has 1 saturated heterocycles. The van der Waals surface area contributed by atoms with Crippen LogP contribution in [0.4, 0.5) is 0 Å². The van der Waals surface area contributed by atoms with E-state index < -0.39 is 0 Å². The van der Waals surface area contributed by atoms with Crippen LogP contribution in [0.1, 0.15) is 34.7 Å². The molecule has 0 aromatic heterocycles. The Morgan fingerprint density at radius 3 is 2.33 bits per heavy atom. The van der Waals surface area contributed by atoms with Gasteiger partial charge in [0.25, 0.3) is 0 Å². The molecule has 1 aliphatic heterocycles. The van der Waals surface area contributed by atoms with Gasteiger partial charge in [-0.15, -0.1) is 0 Å². The highest BCUT2D eigenvalue weighted by molar-refractivity contribution is 5.38. The largest absolute Gasteiger partial charge is 0.315 e. The molecule has 3 heteroatoms. The number of hydrogen-bond donors (Lipinski definition) is 3. The van der Waals surface area contributed by atoms with E-state index in [2.05, 4.69) is 43.8 Å². The van der Waals surface area contributed by atoms with Crippen molar-refractivity contribution in [1.82, 2.24) is 10.9 Å². The van der Waals surface area contributed by atoms with Gasteiger partial charge in [-0.25, -0.2) is 10.9 Å². The summed E-state index contributed by atoms with van der Waals surface area (Å²) in [5, 5.41) is 0. The topological polar surface area (TPSA) is 50.1 Å². The highest BCUT2D eigenvalue weighted by Gasteiger charge is 2.23. The molecular formula is C12H19N3. The zero-order valence-corrected chi connectivity index (χ0v) is 9.59. The summed E-state index contributed by atoms with van der Waals surface area (Å²) in [4.78, 5) is 0. The minimum Gasteiger partial charge on any atom is -0.315 e. The van der Waals surface area contributed by atoms with Gasteiger partial charge in [0.15, 0.2) is 0 Å². The number of rotatable bonds is 1. The van der Waals surface area contributed by atoms with Gasteiger partial charge in [-0.05, 0) is 49.4 Å². The van der Waals surface area contributed by atoms with E-state index in [-0.39, 0.29) is 6.17 Å². The molecule has 0 saturated carbocycles. The molecule has 3 nitrogen and oxygen atoms in total. The number of benzene rings is 1. The van der Waals surface area contributed by atoms with Gasteiger partial charge >= 0.3 is 0 Å². The van der Waals surface area contributed by atoms with Crippen LogP contribution < -0.4 is 16.6 Å². The number of hydrazine groups is 1. The van der Waals surface area contributed by atoms with Crippen LogP contribution in [-0.4, -0.2) is 6.17 Å². The van der Waals surface area contributed by atoms with Crippen LogP contribution in [0.15, 0.2) is 12.1 Å². The van der Waals surface area contributed by atoms with Gasteiger partial charge in [-0.1, -0.05) is 12.1 Å². The first-order chi connectivity index (χ1) is 7.08. The van der Waals surface area contributed by atoms with Crippen LogP contribution >= 0.6 is 0 Å². The predicted molar refractivity (Wildman–Crippen MR) is 62.3 cm³/mol. The molecule has 1 aromatic carbocycles. The summed E-state index contributed by atoms with van der Waals surface area (Å²) in [7, 11) is 0. The van der Waals surface area contributed by atoms with Crippen molar-refractivity contribution >= 4 is 0 Å². The molecule has 0 amide bonds. The average Bonchev–Trinajstić information content (AvgIpc) is 2.58. The van der Waals surface area contributed by atoms with Crippen molar-refractivity contribution in [1.29, 1.82) is 0 Å². The average molecular weight is 205 g/mol. The number of nitrogens with one attached hydrogen (secondary N) is 2. The molecule has 15 heavy (non-hydrogen) atoms. The van der Waals surface area contributed by atoms with Crippen molar-refractivity contribution in [2.75, 3.05) is 0 Å². The van der Waals surface area contributed by atoms with Crippen LogP contribution in [0.25, 0.3) is 0 Å². The van der Waals surface area contributed by atoms with Gasteiger partial charge in [0.1, 0.15) is 0 Å². The Kier molecular flexibility index (Phi) is 2.78. The van der Waals surface area contributed by atoms with Gasteiger partial charge in [0.2, 0.25) is 0 Å². The van der Waals surface area contributed by atoms with Gasteiger partial charge < -0.3 is 5.73 Å². The molecule has 0 aliphatic carbocycles. The molecule has 1 fully saturated rings. The summed E-state index contributed by atoms with van der Waals surface area (Å²) in [5.74, 6) is 0. The van der Waals surface area contributed by atoms with E-state index in [9.17, 15) is 0 Å². The number of aryl methyl sites for hydroxylation is 3. The van der Waals surface area contributed by atoms with Crippen molar-refractivity contribution < 1.29 is 0 Å². The normalized spacial score (nSPS) is 25.9. The molecule has 4 N–H and O–H groups in total. The lowest BCUT2D eigenvalue weighted by atomic mass is 9.95. The lowest BCUT2D eigenvalue weighted by Crippen LogP contribution is -2.36. The molecule has 1 aliphatic rings. The van der Waals surface area contributed by atoms with Crippen LogP contribution in [-0.2, 0) is 0 Å². The second-order valence-electron chi connectivity index (χ2n) is 4.48. The maximum absolute atomic E-state index is 5.81. The standard InChI is InChI=1S/C12H19N3/c1-7-4-9(3)10(5-8(7)2)11-6-12(13)15-14-11/h4-5,11-12,14-15H,6,13H2,1-3H3. The summed E-state index contributed by atoms with van der Waals surface area (Å²) in [6.07, 6.45) is 1.01. The van der Waals surface area contributed by atoms with Gasteiger partial charge in [-0.3, -0.25) is 0 Å². The predicted octanol–water partition coefficient (Wildman–Crippen LogP) is 1.44. The quantitative estimate of drug-likeness (QED) is 0.650. The van der Waals surface area contributed by atoms with Crippen molar-refractivity contribution in [2.45, 2.75) is 39.4 Å². The minimum atomic E-state index is 0.0657. The maximum atomic E-state index is 5.81. The monoisotopic (exact) mass is 205 g/mol. The molecular weight excluding hydrogens is 186 g/mol. The zero-order valence-electron chi connectivity index (χ0n) is 9.59. The third-order valence-corrected chi connectivity index (χ3v) is 3.19. The highest BCUT2D eigenvalue weighted by Crippen LogP contribution is 2.26. The second kappa shape index (κ2) is 3.93. The fourth-order valence-corrected chi connectivity index (χ4v) is 2.14. The van der Waals surface area contributed by atoms with Gasteiger partial charge in [0.05, 0.1) is 6.17 Å². The molecule has 0 radical (unpaired) electrons. The van der Waals surface area contributed by atoms with E-state index in [0.29, 0.717) is 6.04 Å². The highest BCUT2D eigenvalue weighted by atomic mass is 15.4. The Labute approximate surface area is 91.0 Å². The third kappa shape index (κ3) is 2.04. The van der Waals surface area contributed by atoms with E-state index in [0.717, 1.165) is 6.42 Å². The first-order valence-corrected chi connectivity index (χ1v) is 5.42. The first kappa shape index (κ1) is 10.6. The van der Waals surface area contributed by atoms with Crippen LogP contribution in [0.3, 0.4) is 0 Å². The third-order valence-electron chi connectivity index (χ3n) is 3.19. The molecule has 2 rings (SSSR count). The molecule has 82 valence electrons. The number of hydrogen-bond acceptors (Lipinski definition) is 3. The van der Waals surface area contributed by atoms with Gasteiger partial charge in [0, 0.05) is 6.04 Å². The maximum Gasteiger partial charge on any atom is 0.0698 e. The second-order valence-corrected chi connectivity index (χ2v) is 4.48. The first-order valence-electron chi connectivity index (χ1n) is 5.42. The summed E-state index contributed by atoms with van der Waals surface area (Å²) in [5.41, 5.74) is 17.5. The molecule has 1 heterocycles. The van der Waals surface area contributed by atoms with Crippen molar-refractivity contribution in [3.63, 3.8) is 0 Å². The van der Waals surface area contributed by atoms with Crippen LogP contribution in [0, 0.1) is 20.8 Å². The fraction of sp³-hybridized carbons (Fsp3) is 0.500.